The summed E-state index contributed by atoms with van der Waals surface area (Å²) in [5.41, 5.74) is 6.82. The Morgan fingerprint density at radius 3 is 2.48 bits per heavy atom. The zero-order chi connectivity index (χ0) is 18.6. The SMILES string of the molecule is C[C@H]1N[C@@H](C[C@@H](N)Cc2cc(F)cc(F)c2)CO[C@H]1OCC(C)(C)C. The Bertz CT molecular complexity index is 543. The molecule has 6 heteroatoms. The van der Waals surface area contributed by atoms with E-state index in [4.69, 9.17) is 15.2 Å². The summed E-state index contributed by atoms with van der Waals surface area (Å²) in [6, 6.07) is 3.46. The smallest absolute Gasteiger partial charge is 0.172 e. The summed E-state index contributed by atoms with van der Waals surface area (Å²) in [6.07, 6.45) is 0.809. The number of rotatable bonds is 6. The van der Waals surface area contributed by atoms with Gasteiger partial charge < -0.3 is 20.5 Å². The summed E-state index contributed by atoms with van der Waals surface area (Å²) in [7, 11) is 0. The van der Waals surface area contributed by atoms with Crippen molar-refractivity contribution in [2.45, 2.75) is 65.0 Å². The molecule has 1 aliphatic rings. The van der Waals surface area contributed by atoms with Crippen LogP contribution in [-0.2, 0) is 15.9 Å². The first kappa shape index (κ1) is 20.2. The van der Waals surface area contributed by atoms with Gasteiger partial charge >= 0.3 is 0 Å². The lowest BCUT2D eigenvalue weighted by atomic mass is 9.98. The van der Waals surface area contributed by atoms with Crippen molar-refractivity contribution in [2.24, 2.45) is 11.1 Å². The molecule has 1 fully saturated rings. The highest BCUT2D eigenvalue weighted by Crippen LogP contribution is 2.19. The largest absolute Gasteiger partial charge is 0.350 e. The van der Waals surface area contributed by atoms with Gasteiger partial charge in [-0.3, -0.25) is 0 Å². The molecular formula is C19H30F2N2O2. The molecule has 4 nitrogen and oxygen atoms in total. The average Bonchev–Trinajstić information content (AvgIpc) is 2.44. The molecular weight excluding hydrogens is 326 g/mol. The maximum Gasteiger partial charge on any atom is 0.172 e. The number of ether oxygens (including phenoxy) is 2. The van der Waals surface area contributed by atoms with E-state index < -0.39 is 11.6 Å². The highest BCUT2D eigenvalue weighted by molar-refractivity contribution is 5.19. The molecule has 0 saturated carbocycles. The standard InChI is InChI=1S/C19H30F2N2O2/c1-12-18(25-11-19(2,3)4)24-10-17(23-12)9-16(22)7-13-5-14(20)8-15(21)6-13/h5-6,8,12,16-18,23H,7,9-11,22H2,1-4H3/t12-,16+,17+,18+/m1/s1. The van der Waals surface area contributed by atoms with E-state index in [0.717, 1.165) is 6.07 Å². The molecule has 4 atom stereocenters. The van der Waals surface area contributed by atoms with Crippen LogP contribution in [-0.4, -0.2) is 37.6 Å². The lowest BCUT2D eigenvalue weighted by molar-refractivity contribution is -0.194. The van der Waals surface area contributed by atoms with E-state index in [2.05, 4.69) is 26.1 Å². The van der Waals surface area contributed by atoms with Gasteiger partial charge in [0.15, 0.2) is 6.29 Å². The van der Waals surface area contributed by atoms with Crippen molar-refractivity contribution in [3.05, 3.63) is 35.4 Å². The maximum atomic E-state index is 13.3. The first-order valence-electron chi connectivity index (χ1n) is 8.82. The van der Waals surface area contributed by atoms with Gasteiger partial charge in [-0.1, -0.05) is 20.8 Å². The fourth-order valence-electron chi connectivity index (χ4n) is 2.99. The molecule has 0 aromatic heterocycles. The van der Waals surface area contributed by atoms with Gasteiger partial charge in [-0.25, -0.2) is 8.78 Å². The third kappa shape index (κ3) is 6.98. The second-order valence-electron chi connectivity index (χ2n) is 8.20. The molecule has 25 heavy (non-hydrogen) atoms. The number of hydrogen-bond donors (Lipinski definition) is 2. The van der Waals surface area contributed by atoms with Crippen molar-refractivity contribution in [3.63, 3.8) is 0 Å². The van der Waals surface area contributed by atoms with Crippen LogP contribution in [0.25, 0.3) is 0 Å². The molecule has 142 valence electrons. The van der Waals surface area contributed by atoms with E-state index in [1.165, 1.54) is 12.1 Å². The van der Waals surface area contributed by atoms with Crippen molar-refractivity contribution in [2.75, 3.05) is 13.2 Å². The lowest BCUT2D eigenvalue weighted by Crippen LogP contribution is -2.55. The van der Waals surface area contributed by atoms with E-state index in [9.17, 15) is 8.78 Å². The molecule has 1 saturated heterocycles. The number of hydrogen-bond acceptors (Lipinski definition) is 4. The van der Waals surface area contributed by atoms with Gasteiger partial charge in [0.1, 0.15) is 11.6 Å². The minimum atomic E-state index is -0.575. The summed E-state index contributed by atoms with van der Waals surface area (Å²) in [4.78, 5) is 0. The molecule has 1 heterocycles. The zero-order valence-electron chi connectivity index (χ0n) is 15.5. The van der Waals surface area contributed by atoms with Crippen LogP contribution in [0.15, 0.2) is 18.2 Å². The van der Waals surface area contributed by atoms with Gasteiger partial charge in [-0.15, -0.1) is 0 Å². The predicted octanol–water partition coefficient (Wildman–Crippen LogP) is 2.99. The number of nitrogens with one attached hydrogen (secondary N) is 1. The van der Waals surface area contributed by atoms with Gasteiger partial charge in [-0.2, -0.15) is 0 Å². The minimum absolute atomic E-state index is 0.0555. The Morgan fingerprint density at radius 2 is 1.92 bits per heavy atom. The van der Waals surface area contributed by atoms with Gasteiger partial charge in [-0.05, 0) is 42.9 Å². The number of morpholine rings is 1. The topological polar surface area (TPSA) is 56.5 Å². The van der Waals surface area contributed by atoms with E-state index in [0.29, 0.717) is 31.6 Å². The molecule has 0 bridgehead atoms. The van der Waals surface area contributed by atoms with Crippen molar-refractivity contribution >= 4 is 0 Å². The minimum Gasteiger partial charge on any atom is -0.350 e. The normalized spacial score (nSPS) is 25.8. The van der Waals surface area contributed by atoms with Gasteiger partial charge in [0.2, 0.25) is 0 Å². The summed E-state index contributed by atoms with van der Waals surface area (Å²) < 4.78 is 38.2. The van der Waals surface area contributed by atoms with E-state index in [1.807, 2.05) is 6.92 Å². The quantitative estimate of drug-likeness (QED) is 0.823. The number of benzene rings is 1. The molecule has 0 spiro atoms. The molecule has 1 aliphatic heterocycles. The Balaban J connectivity index is 1.80. The second-order valence-corrected chi connectivity index (χ2v) is 8.20. The van der Waals surface area contributed by atoms with Crippen LogP contribution >= 0.6 is 0 Å². The third-order valence-corrected chi connectivity index (χ3v) is 4.06. The number of nitrogens with two attached hydrogens (primary N) is 1. The van der Waals surface area contributed by atoms with Gasteiger partial charge in [0.25, 0.3) is 0 Å². The fourth-order valence-corrected chi connectivity index (χ4v) is 2.99. The van der Waals surface area contributed by atoms with Crippen molar-refractivity contribution in [1.82, 2.24) is 5.32 Å². The van der Waals surface area contributed by atoms with Crippen LogP contribution in [0, 0.1) is 17.0 Å². The van der Waals surface area contributed by atoms with Crippen molar-refractivity contribution < 1.29 is 18.3 Å². The highest BCUT2D eigenvalue weighted by Gasteiger charge is 2.30. The molecule has 2 rings (SSSR count). The number of halogens is 2. The molecule has 1 aromatic carbocycles. The Kier molecular flexibility index (Phi) is 6.91. The first-order chi connectivity index (χ1) is 11.6. The summed E-state index contributed by atoms with van der Waals surface area (Å²) in [5.74, 6) is -1.15. The predicted molar refractivity (Wildman–Crippen MR) is 94.2 cm³/mol. The summed E-state index contributed by atoms with van der Waals surface area (Å²) in [5, 5.41) is 3.46. The third-order valence-electron chi connectivity index (χ3n) is 4.06. The Morgan fingerprint density at radius 1 is 1.28 bits per heavy atom. The van der Waals surface area contributed by atoms with Crippen LogP contribution in [0.2, 0.25) is 0 Å². The summed E-state index contributed by atoms with van der Waals surface area (Å²) in [6.45, 7) is 9.50. The molecule has 0 amide bonds. The van der Waals surface area contributed by atoms with Crippen LogP contribution in [0.5, 0.6) is 0 Å². The molecule has 0 aliphatic carbocycles. The van der Waals surface area contributed by atoms with Gasteiger partial charge in [0, 0.05) is 18.2 Å². The van der Waals surface area contributed by atoms with Crippen molar-refractivity contribution in [3.8, 4) is 0 Å². The highest BCUT2D eigenvalue weighted by atomic mass is 19.1. The van der Waals surface area contributed by atoms with E-state index in [-0.39, 0.29) is 29.8 Å². The summed E-state index contributed by atoms with van der Waals surface area (Å²) >= 11 is 0. The van der Waals surface area contributed by atoms with Crippen LogP contribution in [0.1, 0.15) is 39.7 Å². The molecule has 1 aromatic rings. The first-order valence-corrected chi connectivity index (χ1v) is 8.82. The molecule has 0 radical (unpaired) electrons. The Labute approximate surface area is 149 Å². The van der Waals surface area contributed by atoms with Crippen LogP contribution in [0.4, 0.5) is 8.78 Å². The van der Waals surface area contributed by atoms with Crippen molar-refractivity contribution in [1.29, 1.82) is 0 Å². The zero-order valence-corrected chi connectivity index (χ0v) is 15.5. The fraction of sp³-hybridized carbons (Fsp3) is 0.684. The molecule has 3 N–H and O–H groups in total. The Hall–Kier alpha value is -1.08. The average molecular weight is 356 g/mol. The lowest BCUT2D eigenvalue weighted by Gasteiger charge is -2.37. The second kappa shape index (κ2) is 8.54. The van der Waals surface area contributed by atoms with Crippen LogP contribution < -0.4 is 11.1 Å². The van der Waals surface area contributed by atoms with Gasteiger partial charge in [0.05, 0.1) is 19.3 Å². The monoisotopic (exact) mass is 356 g/mol. The van der Waals surface area contributed by atoms with E-state index >= 15 is 0 Å². The van der Waals surface area contributed by atoms with Crippen LogP contribution in [0.3, 0.4) is 0 Å². The molecule has 0 unspecified atom stereocenters. The maximum absolute atomic E-state index is 13.3. The van der Waals surface area contributed by atoms with E-state index in [1.54, 1.807) is 0 Å².